The molecule has 2 aromatic rings. The van der Waals surface area contributed by atoms with E-state index in [2.05, 4.69) is 20.9 Å². The summed E-state index contributed by atoms with van der Waals surface area (Å²) in [6, 6.07) is 6.56. The topological polar surface area (TPSA) is 62.1 Å². The van der Waals surface area contributed by atoms with E-state index in [1.807, 2.05) is 25.1 Å². The Morgan fingerprint density at radius 1 is 1.42 bits per heavy atom. The summed E-state index contributed by atoms with van der Waals surface area (Å²) < 4.78 is 5.61. The highest BCUT2D eigenvalue weighted by atomic mass is 16.3. The predicted octanol–water partition coefficient (Wildman–Crippen LogP) is 1.36. The van der Waals surface area contributed by atoms with E-state index in [0.717, 1.165) is 55.3 Å². The average Bonchev–Trinajstić information content (AvgIpc) is 2.88. The fourth-order valence-electron chi connectivity index (χ4n) is 2.33. The smallest absolute Gasteiger partial charge is 0.195 e. The summed E-state index contributed by atoms with van der Waals surface area (Å²) in [4.78, 5) is 4.45. The summed E-state index contributed by atoms with van der Waals surface area (Å²) in [5.41, 5.74) is 2.88. The molecule has 1 aromatic carbocycles. The van der Waals surface area contributed by atoms with Crippen LogP contribution in [0.25, 0.3) is 11.1 Å². The lowest BCUT2D eigenvalue weighted by atomic mass is 10.2. The molecule has 1 fully saturated rings. The summed E-state index contributed by atoms with van der Waals surface area (Å²) >= 11 is 0. The van der Waals surface area contributed by atoms with Crippen molar-refractivity contribution in [2.75, 3.05) is 31.5 Å². The van der Waals surface area contributed by atoms with Crippen LogP contribution in [0.3, 0.4) is 0 Å². The molecule has 3 N–H and O–H groups in total. The molecule has 1 aromatic heterocycles. The number of fused-ring (bicyclic) bond motifs is 1. The van der Waals surface area contributed by atoms with Gasteiger partial charge in [0.15, 0.2) is 11.5 Å². The number of piperazine rings is 1. The van der Waals surface area contributed by atoms with Crippen molar-refractivity contribution in [3.8, 4) is 0 Å². The minimum absolute atomic E-state index is 0.480. The minimum Gasteiger partial charge on any atom is -0.441 e. The molecule has 5 nitrogen and oxygen atoms in total. The van der Waals surface area contributed by atoms with Gasteiger partial charge in [0.2, 0.25) is 0 Å². The zero-order valence-corrected chi connectivity index (χ0v) is 11.2. The number of rotatable bonds is 4. The second-order valence-electron chi connectivity index (χ2n) is 4.88. The lowest BCUT2D eigenvalue weighted by molar-refractivity contribution is 0.431. The summed E-state index contributed by atoms with van der Waals surface area (Å²) in [7, 11) is 0. The number of aryl methyl sites for hydroxylation is 1. The molecular formula is C14H20N4O. The van der Waals surface area contributed by atoms with Crippen molar-refractivity contribution in [2.45, 2.75) is 19.4 Å². The van der Waals surface area contributed by atoms with Crippen molar-refractivity contribution >= 4 is 16.8 Å². The van der Waals surface area contributed by atoms with Gasteiger partial charge in [-0.2, -0.15) is 0 Å². The molecule has 0 unspecified atom stereocenters. The minimum atomic E-state index is 0.480. The predicted molar refractivity (Wildman–Crippen MR) is 76.5 cm³/mol. The van der Waals surface area contributed by atoms with E-state index >= 15 is 0 Å². The van der Waals surface area contributed by atoms with Crippen LogP contribution in [0.15, 0.2) is 22.6 Å². The van der Waals surface area contributed by atoms with Crippen LogP contribution in [0.2, 0.25) is 0 Å². The first-order valence-corrected chi connectivity index (χ1v) is 6.92. The highest BCUT2D eigenvalue weighted by Gasteiger charge is 2.11. The average molecular weight is 260 g/mol. The Labute approximate surface area is 112 Å². The van der Waals surface area contributed by atoms with Gasteiger partial charge < -0.3 is 20.4 Å². The van der Waals surface area contributed by atoms with Crippen molar-refractivity contribution in [1.29, 1.82) is 0 Å². The molecule has 3 rings (SSSR count). The van der Waals surface area contributed by atoms with E-state index in [9.17, 15) is 0 Å². The fourth-order valence-corrected chi connectivity index (χ4v) is 2.33. The van der Waals surface area contributed by atoms with Crippen LogP contribution < -0.4 is 16.0 Å². The molecule has 102 valence electrons. The van der Waals surface area contributed by atoms with E-state index in [-0.39, 0.29) is 0 Å². The highest BCUT2D eigenvalue weighted by Crippen LogP contribution is 2.20. The molecule has 1 aliphatic rings. The molecule has 0 saturated carbocycles. The molecular weight excluding hydrogens is 240 g/mol. The molecule has 19 heavy (non-hydrogen) atoms. The lowest BCUT2D eigenvalue weighted by Gasteiger charge is -2.25. The van der Waals surface area contributed by atoms with E-state index in [4.69, 9.17) is 4.42 Å². The molecule has 0 radical (unpaired) electrons. The van der Waals surface area contributed by atoms with E-state index in [1.54, 1.807) is 0 Å². The quantitative estimate of drug-likeness (QED) is 0.775. The molecule has 2 heterocycles. The molecule has 0 spiro atoms. The van der Waals surface area contributed by atoms with Gasteiger partial charge in [-0.3, -0.25) is 0 Å². The van der Waals surface area contributed by atoms with Gasteiger partial charge in [-0.05, 0) is 18.2 Å². The lowest BCUT2D eigenvalue weighted by Crippen LogP contribution is -2.51. The first-order chi connectivity index (χ1) is 9.35. The summed E-state index contributed by atoms with van der Waals surface area (Å²) in [5.74, 6) is 0.797. The Hall–Kier alpha value is -1.59. The van der Waals surface area contributed by atoms with Gasteiger partial charge in [-0.1, -0.05) is 6.92 Å². The number of oxazole rings is 1. The van der Waals surface area contributed by atoms with Crippen LogP contribution in [-0.4, -0.2) is 37.2 Å². The highest BCUT2D eigenvalue weighted by molar-refractivity contribution is 5.77. The number of hydrogen-bond donors (Lipinski definition) is 3. The van der Waals surface area contributed by atoms with E-state index in [0.29, 0.717) is 6.04 Å². The summed E-state index contributed by atoms with van der Waals surface area (Å²) in [6.45, 7) is 6.07. The normalized spacial score (nSPS) is 19.7. The largest absolute Gasteiger partial charge is 0.441 e. The zero-order valence-electron chi connectivity index (χ0n) is 11.2. The number of hydrogen-bond acceptors (Lipinski definition) is 5. The van der Waals surface area contributed by atoms with Crippen LogP contribution >= 0.6 is 0 Å². The molecule has 1 atom stereocenters. The van der Waals surface area contributed by atoms with Gasteiger partial charge in [0.25, 0.3) is 0 Å². The Balaban J connectivity index is 1.66. The van der Waals surface area contributed by atoms with E-state index < -0.39 is 0 Å². The van der Waals surface area contributed by atoms with Gasteiger partial charge in [0, 0.05) is 44.3 Å². The third-order valence-electron chi connectivity index (χ3n) is 3.41. The van der Waals surface area contributed by atoms with Gasteiger partial charge >= 0.3 is 0 Å². The van der Waals surface area contributed by atoms with Crippen LogP contribution in [0, 0.1) is 0 Å². The van der Waals surface area contributed by atoms with Crippen molar-refractivity contribution in [3.05, 3.63) is 24.1 Å². The van der Waals surface area contributed by atoms with Crippen LogP contribution in [-0.2, 0) is 6.42 Å². The molecule has 5 heteroatoms. The molecule has 1 saturated heterocycles. The monoisotopic (exact) mass is 260 g/mol. The first kappa shape index (κ1) is 12.4. The van der Waals surface area contributed by atoms with Gasteiger partial charge in [-0.25, -0.2) is 4.98 Å². The van der Waals surface area contributed by atoms with Crippen molar-refractivity contribution in [2.24, 2.45) is 0 Å². The number of benzene rings is 1. The number of anilines is 1. The molecule has 0 amide bonds. The number of nitrogens with one attached hydrogen (secondary N) is 3. The third-order valence-corrected chi connectivity index (χ3v) is 3.41. The van der Waals surface area contributed by atoms with Crippen molar-refractivity contribution in [1.82, 2.24) is 15.6 Å². The Kier molecular flexibility index (Phi) is 3.66. The summed E-state index contributed by atoms with van der Waals surface area (Å²) in [5, 5.41) is 10.3. The van der Waals surface area contributed by atoms with Crippen LogP contribution in [0.1, 0.15) is 12.8 Å². The standard InChI is InChI=1S/C14H20N4O/c1-2-14-18-12-7-10(3-4-13(12)19-14)17-9-11-8-15-5-6-16-11/h3-4,7,11,15-17H,2,5-6,8-9H2,1H3/t11-/m0/s1. The SMILES string of the molecule is CCc1nc2cc(NC[C@@H]3CNCCN3)ccc2o1. The maximum atomic E-state index is 5.61. The third kappa shape index (κ3) is 2.88. The van der Waals surface area contributed by atoms with Crippen molar-refractivity contribution in [3.63, 3.8) is 0 Å². The molecule has 1 aliphatic heterocycles. The number of nitrogens with zero attached hydrogens (tertiary/aromatic N) is 1. The fraction of sp³-hybridized carbons (Fsp3) is 0.500. The Bertz CT molecular complexity index is 545. The van der Waals surface area contributed by atoms with Crippen LogP contribution in [0.5, 0.6) is 0 Å². The van der Waals surface area contributed by atoms with Crippen molar-refractivity contribution < 1.29 is 4.42 Å². The van der Waals surface area contributed by atoms with Crippen LogP contribution in [0.4, 0.5) is 5.69 Å². The number of aromatic nitrogens is 1. The first-order valence-electron chi connectivity index (χ1n) is 6.92. The van der Waals surface area contributed by atoms with Gasteiger partial charge in [0.05, 0.1) is 0 Å². The van der Waals surface area contributed by atoms with Gasteiger partial charge in [0.1, 0.15) is 5.52 Å². The second-order valence-corrected chi connectivity index (χ2v) is 4.88. The maximum absolute atomic E-state index is 5.61. The van der Waals surface area contributed by atoms with Gasteiger partial charge in [-0.15, -0.1) is 0 Å². The summed E-state index contributed by atoms with van der Waals surface area (Å²) in [6.07, 6.45) is 0.828. The Morgan fingerprint density at radius 2 is 2.37 bits per heavy atom. The Morgan fingerprint density at radius 3 is 3.16 bits per heavy atom. The zero-order chi connectivity index (χ0) is 13.1. The second kappa shape index (κ2) is 5.59. The molecule has 0 aliphatic carbocycles. The molecule has 0 bridgehead atoms. The maximum Gasteiger partial charge on any atom is 0.195 e. The van der Waals surface area contributed by atoms with E-state index in [1.165, 1.54) is 0 Å².